The Morgan fingerprint density at radius 3 is 2.48 bits per heavy atom. The van der Waals surface area contributed by atoms with E-state index in [0.717, 1.165) is 16.6 Å². The summed E-state index contributed by atoms with van der Waals surface area (Å²) in [4.78, 5) is 23.9. The second-order valence-electron chi connectivity index (χ2n) is 9.44. The number of halogens is 2. The van der Waals surface area contributed by atoms with Crippen molar-refractivity contribution in [2.45, 2.75) is 18.5 Å². The summed E-state index contributed by atoms with van der Waals surface area (Å²) in [6, 6.07) is 5.23. The molecular weight excluding hydrogens is 557 g/mol. The van der Waals surface area contributed by atoms with Crippen LogP contribution in [0.3, 0.4) is 0 Å². The zero-order chi connectivity index (χ0) is 28.2. The van der Waals surface area contributed by atoms with E-state index >= 15 is 0 Å². The summed E-state index contributed by atoms with van der Waals surface area (Å²) >= 11 is 13.5. The number of nitrogens with one attached hydrogen (secondary N) is 2. The van der Waals surface area contributed by atoms with E-state index in [2.05, 4.69) is 27.1 Å². The number of benzene rings is 1. The number of ether oxygens (including phenoxy) is 4. The van der Waals surface area contributed by atoms with Crippen LogP contribution in [0.15, 0.2) is 37.1 Å². The standard InChI is InChI=1S/C28H31Cl2N5O5/c1-4-24(36)33-18-5-8-40-15-20(18)32-23-12-17-16(14-31-23)11-19(34-28(17)35-6-9-39-10-7-35)25-26(29)21(37-2)13-22(38-3)27(25)30/h4,11-14,18,20H,1,5-10,15H2,2-3H3,(H,31,32)(H,33,36)/t18-,20+/m0/s1. The fourth-order valence-electron chi connectivity index (χ4n) is 4.95. The summed E-state index contributed by atoms with van der Waals surface area (Å²) in [6.45, 7) is 7.07. The Morgan fingerprint density at radius 1 is 1.07 bits per heavy atom. The fraction of sp³-hybridized carbons (Fsp3) is 0.393. The summed E-state index contributed by atoms with van der Waals surface area (Å²) in [5, 5.41) is 8.85. The van der Waals surface area contributed by atoms with Crippen LogP contribution >= 0.6 is 23.2 Å². The van der Waals surface area contributed by atoms with Crippen LogP contribution < -0.4 is 25.0 Å². The molecule has 2 N–H and O–H groups in total. The van der Waals surface area contributed by atoms with Crippen molar-refractivity contribution in [3.63, 3.8) is 0 Å². The van der Waals surface area contributed by atoms with E-state index in [1.807, 2.05) is 12.1 Å². The number of carbonyl (C=O) groups is 1. The maximum absolute atomic E-state index is 12.0. The predicted octanol–water partition coefficient (Wildman–Crippen LogP) is 4.33. The van der Waals surface area contributed by atoms with Crippen LogP contribution in [0, 0.1) is 0 Å². The third-order valence-electron chi connectivity index (χ3n) is 7.04. The number of nitrogens with zero attached hydrogens (tertiary/aromatic N) is 3. The van der Waals surface area contributed by atoms with Crippen LogP contribution in [-0.4, -0.2) is 81.7 Å². The second-order valence-corrected chi connectivity index (χ2v) is 10.2. The van der Waals surface area contributed by atoms with Gasteiger partial charge >= 0.3 is 0 Å². The van der Waals surface area contributed by atoms with Gasteiger partial charge in [-0.2, -0.15) is 0 Å². The normalized spacial score (nSPS) is 19.2. The lowest BCUT2D eigenvalue weighted by atomic mass is 10.0. The summed E-state index contributed by atoms with van der Waals surface area (Å²) < 4.78 is 22.2. The number of methoxy groups -OCH3 is 2. The third-order valence-corrected chi connectivity index (χ3v) is 7.79. The first-order valence-electron chi connectivity index (χ1n) is 12.9. The van der Waals surface area contributed by atoms with E-state index < -0.39 is 0 Å². The number of hydrogen-bond donors (Lipinski definition) is 2. The number of pyridine rings is 2. The molecule has 40 heavy (non-hydrogen) atoms. The lowest BCUT2D eigenvalue weighted by Gasteiger charge is -2.33. The Kier molecular flexibility index (Phi) is 8.80. The molecule has 5 rings (SSSR count). The van der Waals surface area contributed by atoms with E-state index in [1.54, 1.807) is 12.3 Å². The lowest BCUT2D eigenvalue weighted by molar-refractivity contribution is -0.117. The molecule has 0 bridgehead atoms. The zero-order valence-electron chi connectivity index (χ0n) is 22.3. The molecule has 212 valence electrons. The molecule has 0 aliphatic carbocycles. The number of anilines is 2. The highest BCUT2D eigenvalue weighted by Gasteiger charge is 2.28. The van der Waals surface area contributed by atoms with Gasteiger partial charge in [0.1, 0.15) is 23.1 Å². The van der Waals surface area contributed by atoms with Crippen molar-refractivity contribution in [3.8, 4) is 22.8 Å². The van der Waals surface area contributed by atoms with Gasteiger partial charge in [-0.15, -0.1) is 0 Å². The molecular formula is C28H31Cl2N5O5. The summed E-state index contributed by atoms with van der Waals surface area (Å²) in [7, 11) is 3.07. The van der Waals surface area contributed by atoms with Crippen LogP contribution in [0.25, 0.3) is 22.0 Å². The molecule has 2 atom stereocenters. The number of amides is 1. The first kappa shape index (κ1) is 28.2. The SMILES string of the molecule is C=CC(=O)N[C@H]1CCOC[C@H]1Nc1cc2c(N3CCOCC3)nc(-c3c(Cl)c(OC)cc(OC)c3Cl)cc2cn1. The van der Waals surface area contributed by atoms with Gasteiger partial charge in [-0.05, 0) is 24.6 Å². The molecule has 0 unspecified atom stereocenters. The molecule has 0 radical (unpaired) electrons. The van der Waals surface area contributed by atoms with Crippen molar-refractivity contribution in [1.29, 1.82) is 0 Å². The van der Waals surface area contributed by atoms with Crippen LogP contribution in [0.5, 0.6) is 11.5 Å². The average molecular weight is 588 g/mol. The van der Waals surface area contributed by atoms with Gasteiger partial charge in [-0.1, -0.05) is 29.8 Å². The maximum atomic E-state index is 12.0. The molecule has 0 saturated carbocycles. The van der Waals surface area contributed by atoms with Crippen molar-refractivity contribution < 1.29 is 23.7 Å². The zero-order valence-corrected chi connectivity index (χ0v) is 23.8. The molecule has 4 heterocycles. The highest BCUT2D eigenvalue weighted by atomic mass is 35.5. The molecule has 0 spiro atoms. The maximum Gasteiger partial charge on any atom is 0.243 e. The molecule has 2 fully saturated rings. The van der Waals surface area contributed by atoms with Crippen LogP contribution in [0.4, 0.5) is 11.6 Å². The molecule has 10 nitrogen and oxygen atoms in total. The highest BCUT2D eigenvalue weighted by molar-refractivity contribution is 6.41. The third kappa shape index (κ3) is 5.76. The van der Waals surface area contributed by atoms with E-state index in [1.165, 1.54) is 20.3 Å². The van der Waals surface area contributed by atoms with Crippen molar-refractivity contribution in [3.05, 3.63) is 47.1 Å². The number of morpholine rings is 1. The number of rotatable bonds is 8. The van der Waals surface area contributed by atoms with Gasteiger partial charge in [0.25, 0.3) is 0 Å². The highest BCUT2D eigenvalue weighted by Crippen LogP contribution is 2.46. The minimum absolute atomic E-state index is 0.122. The van der Waals surface area contributed by atoms with Crippen LogP contribution in [-0.2, 0) is 14.3 Å². The van der Waals surface area contributed by atoms with Crippen molar-refractivity contribution in [2.24, 2.45) is 0 Å². The minimum Gasteiger partial charge on any atom is -0.495 e. The first-order valence-corrected chi connectivity index (χ1v) is 13.7. The van der Waals surface area contributed by atoms with Gasteiger partial charge in [-0.25, -0.2) is 9.97 Å². The lowest BCUT2D eigenvalue weighted by Crippen LogP contribution is -2.52. The Bertz CT molecular complexity index is 1390. The predicted molar refractivity (Wildman–Crippen MR) is 156 cm³/mol. The van der Waals surface area contributed by atoms with Crippen LogP contribution in [0.2, 0.25) is 10.0 Å². The number of fused-ring (bicyclic) bond motifs is 1. The van der Waals surface area contributed by atoms with Crippen molar-refractivity contribution >= 4 is 51.5 Å². The molecule has 2 aliphatic rings. The number of aromatic nitrogens is 2. The molecule has 2 aliphatic heterocycles. The molecule has 3 aromatic rings. The second kappa shape index (κ2) is 12.5. The Hall–Kier alpha value is -3.31. The van der Waals surface area contributed by atoms with Gasteiger partial charge in [-0.3, -0.25) is 4.79 Å². The molecule has 2 saturated heterocycles. The summed E-state index contributed by atoms with van der Waals surface area (Å²) in [6.07, 6.45) is 3.74. The van der Waals surface area contributed by atoms with Gasteiger partial charge in [0.2, 0.25) is 5.91 Å². The smallest absolute Gasteiger partial charge is 0.243 e. The topological polar surface area (TPSA) is 107 Å². The quantitative estimate of drug-likeness (QED) is 0.372. The molecule has 1 aromatic carbocycles. The summed E-state index contributed by atoms with van der Waals surface area (Å²) in [5.74, 6) is 2.04. The van der Waals surface area contributed by atoms with Gasteiger partial charge in [0.15, 0.2) is 0 Å². The number of carbonyl (C=O) groups excluding carboxylic acids is 1. The van der Waals surface area contributed by atoms with Crippen LogP contribution in [0.1, 0.15) is 6.42 Å². The van der Waals surface area contributed by atoms with Crippen molar-refractivity contribution in [1.82, 2.24) is 15.3 Å². The van der Waals surface area contributed by atoms with E-state index in [-0.39, 0.29) is 18.0 Å². The van der Waals surface area contributed by atoms with E-state index in [0.29, 0.717) is 84.6 Å². The van der Waals surface area contributed by atoms with Gasteiger partial charge < -0.3 is 34.5 Å². The molecule has 1 amide bonds. The Balaban J connectivity index is 1.59. The number of hydrogen-bond acceptors (Lipinski definition) is 9. The average Bonchev–Trinajstić information content (AvgIpc) is 2.98. The summed E-state index contributed by atoms with van der Waals surface area (Å²) in [5.41, 5.74) is 1.08. The molecule has 12 heteroatoms. The Labute approximate surface area is 242 Å². The fourth-order valence-corrected chi connectivity index (χ4v) is 5.64. The van der Waals surface area contributed by atoms with Gasteiger partial charge in [0, 0.05) is 48.3 Å². The monoisotopic (exact) mass is 587 g/mol. The first-order chi connectivity index (χ1) is 19.4. The minimum atomic E-state index is -0.219. The van der Waals surface area contributed by atoms with E-state index in [9.17, 15) is 4.79 Å². The molecule has 2 aromatic heterocycles. The van der Waals surface area contributed by atoms with Gasteiger partial charge in [0.05, 0.1) is 61.9 Å². The van der Waals surface area contributed by atoms with Crippen molar-refractivity contribution in [2.75, 3.05) is 64.0 Å². The van der Waals surface area contributed by atoms with E-state index in [4.69, 9.17) is 47.1 Å². The Morgan fingerprint density at radius 2 is 1.80 bits per heavy atom. The largest absolute Gasteiger partial charge is 0.495 e.